The van der Waals surface area contributed by atoms with Crippen LogP contribution in [-0.2, 0) is 0 Å². The number of amides is 1. The first-order valence-corrected chi connectivity index (χ1v) is 4.86. The molecule has 0 aliphatic rings. The van der Waals surface area contributed by atoms with Gasteiger partial charge in [0.15, 0.2) is 0 Å². The maximum absolute atomic E-state index is 11.5. The molecule has 0 heterocycles. The van der Waals surface area contributed by atoms with Crippen LogP contribution in [-0.4, -0.2) is 12.5 Å². The molecule has 0 atom stereocenters. The van der Waals surface area contributed by atoms with Crippen molar-refractivity contribution in [3.8, 4) is 0 Å². The van der Waals surface area contributed by atoms with Gasteiger partial charge < -0.3 is 11.1 Å². The Morgan fingerprint density at radius 1 is 1.57 bits per heavy atom. The molecular formula is C10H13ClN2O. The van der Waals surface area contributed by atoms with E-state index in [-0.39, 0.29) is 5.91 Å². The first kappa shape index (κ1) is 10.9. The molecule has 0 bridgehead atoms. The van der Waals surface area contributed by atoms with Gasteiger partial charge in [-0.3, -0.25) is 4.79 Å². The third-order valence-corrected chi connectivity index (χ3v) is 2.14. The maximum Gasteiger partial charge on any atom is 0.251 e. The van der Waals surface area contributed by atoms with E-state index in [1.165, 1.54) is 0 Å². The second-order valence-corrected chi connectivity index (χ2v) is 3.40. The van der Waals surface area contributed by atoms with Crippen LogP contribution in [0.3, 0.4) is 0 Å². The predicted molar refractivity (Wildman–Crippen MR) is 58.5 cm³/mol. The Bertz CT molecular complexity index is 339. The Labute approximate surface area is 88.2 Å². The molecule has 1 aromatic carbocycles. The summed E-state index contributed by atoms with van der Waals surface area (Å²) in [5.41, 5.74) is 6.54. The molecule has 0 fully saturated rings. The van der Waals surface area contributed by atoms with Crippen LogP contribution in [0.2, 0.25) is 5.02 Å². The number of hydrogen-bond acceptors (Lipinski definition) is 2. The van der Waals surface area contributed by atoms with E-state index in [0.717, 1.165) is 6.42 Å². The van der Waals surface area contributed by atoms with E-state index in [1.807, 2.05) is 6.92 Å². The second-order valence-electron chi connectivity index (χ2n) is 2.99. The lowest BCUT2D eigenvalue weighted by Gasteiger charge is -2.04. The first-order chi connectivity index (χ1) is 6.65. The zero-order valence-corrected chi connectivity index (χ0v) is 8.77. The summed E-state index contributed by atoms with van der Waals surface area (Å²) in [7, 11) is 0. The lowest BCUT2D eigenvalue weighted by Crippen LogP contribution is -2.23. The molecule has 0 radical (unpaired) electrons. The van der Waals surface area contributed by atoms with Gasteiger partial charge in [0.25, 0.3) is 5.91 Å². The highest BCUT2D eigenvalue weighted by Crippen LogP contribution is 2.19. The first-order valence-electron chi connectivity index (χ1n) is 4.48. The molecule has 0 aliphatic carbocycles. The molecule has 0 aliphatic heterocycles. The van der Waals surface area contributed by atoms with Crippen LogP contribution < -0.4 is 11.1 Å². The monoisotopic (exact) mass is 212 g/mol. The van der Waals surface area contributed by atoms with Gasteiger partial charge in [0.05, 0.1) is 10.7 Å². The molecule has 3 nitrogen and oxygen atoms in total. The average molecular weight is 213 g/mol. The minimum Gasteiger partial charge on any atom is -0.398 e. The number of nitrogens with two attached hydrogens (primary N) is 1. The standard InChI is InChI=1S/C10H13ClN2O/c1-2-5-13-10(14)7-3-4-8(11)9(12)6-7/h3-4,6H,2,5,12H2,1H3,(H,13,14). The van der Waals surface area contributed by atoms with Gasteiger partial charge in [0.1, 0.15) is 0 Å². The van der Waals surface area contributed by atoms with Gasteiger partial charge >= 0.3 is 0 Å². The van der Waals surface area contributed by atoms with Gasteiger partial charge in [0.2, 0.25) is 0 Å². The number of halogens is 1. The van der Waals surface area contributed by atoms with Crippen LogP contribution in [0.25, 0.3) is 0 Å². The minimum atomic E-state index is -0.116. The number of hydrogen-bond donors (Lipinski definition) is 2. The predicted octanol–water partition coefficient (Wildman–Crippen LogP) is 2.06. The van der Waals surface area contributed by atoms with E-state index < -0.39 is 0 Å². The van der Waals surface area contributed by atoms with Crippen molar-refractivity contribution in [2.45, 2.75) is 13.3 Å². The smallest absolute Gasteiger partial charge is 0.251 e. The van der Waals surface area contributed by atoms with Crippen LogP contribution in [0.5, 0.6) is 0 Å². The fraction of sp³-hybridized carbons (Fsp3) is 0.300. The molecule has 0 saturated carbocycles. The van der Waals surface area contributed by atoms with Crippen LogP contribution >= 0.6 is 11.6 Å². The molecule has 1 aromatic rings. The quantitative estimate of drug-likeness (QED) is 0.754. The van der Waals surface area contributed by atoms with Crippen LogP contribution in [0, 0.1) is 0 Å². The van der Waals surface area contributed by atoms with Crippen molar-refractivity contribution in [1.29, 1.82) is 0 Å². The molecular weight excluding hydrogens is 200 g/mol. The third kappa shape index (κ3) is 2.64. The summed E-state index contributed by atoms with van der Waals surface area (Å²) >= 11 is 5.73. The van der Waals surface area contributed by atoms with E-state index in [4.69, 9.17) is 17.3 Å². The summed E-state index contributed by atoms with van der Waals surface area (Å²) in [5, 5.41) is 3.23. The summed E-state index contributed by atoms with van der Waals surface area (Å²) in [6.45, 7) is 2.66. The molecule has 0 saturated heterocycles. The van der Waals surface area contributed by atoms with E-state index in [9.17, 15) is 4.79 Å². The van der Waals surface area contributed by atoms with E-state index >= 15 is 0 Å². The number of rotatable bonds is 3. The normalized spacial score (nSPS) is 9.86. The van der Waals surface area contributed by atoms with E-state index in [2.05, 4.69) is 5.32 Å². The van der Waals surface area contributed by atoms with Crippen molar-refractivity contribution in [3.63, 3.8) is 0 Å². The molecule has 76 valence electrons. The molecule has 14 heavy (non-hydrogen) atoms. The Balaban J connectivity index is 2.76. The molecule has 0 unspecified atom stereocenters. The fourth-order valence-electron chi connectivity index (χ4n) is 1.03. The lowest BCUT2D eigenvalue weighted by molar-refractivity contribution is 0.0953. The zero-order valence-electron chi connectivity index (χ0n) is 8.01. The van der Waals surface area contributed by atoms with Crippen molar-refractivity contribution < 1.29 is 4.79 Å². The molecule has 0 aromatic heterocycles. The van der Waals surface area contributed by atoms with Gasteiger partial charge in [-0.1, -0.05) is 18.5 Å². The maximum atomic E-state index is 11.5. The third-order valence-electron chi connectivity index (χ3n) is 1.79. The second kappa shape index (κ2) is 4.86. The summed E-state index contributed by atoms with van der Waals surface area (Å²) < 4.78 is 0. The van der Waals surface area contributed by atoms with Crippen molar-refractivity contribution in [2.24, 2.45) is 0 Å². The number of carbonyl (C=O) groups is 1. The highest BCUT2D eigenvalue weighted by molar-refractivity contribution is 6.33. The van der Waals surface area contributed by atoms with Crippen molar-refractivity contribution in [3.05, 3.63) is 28.8 Å². The summed E-state index contributed by atoms with van der Waals surface area (Å²) in [6, 6.07) is 4.86. The van der Waals surface area contributed by atoms with Gasteiger partial charge in [-0.05, 0) is 24.6 Å². The number of nitrogens with one attached hydrogen (secondary N) is 1. The van der Waals surface area contributed by atoms with Crippen molar-refractivity contribution in [2.75, 3.05) is 12.3 Å². The Morgan fingerprint density at radius 2 is 2.29 bits per heavy atom. The summed E-state index contributed by atoms with van der Waals surface area (Å²) in [6.07, 6.45) is 0.912. The van der Waals surface area contributed by atoms with Crippen LogP contribution in [0.15, 0.2) is 18.2 Å². The minimum absolute atomic E-state index is 0.116. The highest BCUT2D eigenvalue weighted by Gasteiger charge is 2.05. The largest absolute Gasteiger partial charge is 0.398 e. The molecule has 3 N–H and O–H groups in total. The van der Waals surface area contributed by atoms with Crippen LogP contribution in [0.4, 0.5) is 5.69 Å². The van der Waals surface area contributed by atoms with Crippen molar-refractivity contribution in [1.82, 2.24) is 5.32 Å². The van der Waals surface area contributed by atoms with E-state index in [0.29, 0.717) is 22.8 Å². The summed E-state index contributed by atoms with van der Waals surface area (Å²) in [5.74, 6) is -0.116. The number of benzene rings is 1. The SMILES string of the molecule is CCCNC(=O)c1ccc(Cl)c(N)c1. The zero-order chi connectivity index (χ0) is 10.6. The van der Waals surface area contributed by atoms with Crippen molar-refractivity contribution >= 4 is 23.2 Å². The van der Waals surface area contributed by atoms with E-state index in [1.54, 1.807) is 18.2 Å². The molecule has 0 spiro atoms. The van der Waals surface area contributed by atoms with Gasteiger partial charge in [-0.25, -0.2) is 0 Å². The average Bonchev–Trinajstić information content (AvgIpc) is 2.18. The number of carbonyl (C=O) groups excluding carboxylic acids is 1. The lowest BCUT2D eigenvalue weighted by atomic mass is 10.2. The summed E-state index contributed by atoms with van der Waals surface area (Å²) in [4.78, 5) is 11.5. The Kier molecular flexibility index (Phi) is 3.77. The van der Waals surface area contributed by atoms with Gasteiger partial charge in [-0.2, -0.15) is 0 Å². The molecule has 4 heteroatoms. The van der Waals surface area contributed by atoms with Gasteiger partial charge in [0, 0.05) is 12.1 Å². The topological polar surface area (TPSA) is 55.1 Å². The van der Waals surface area contributed by atoms with Gasteiger partial charge in [-0.15, -0.1) is 0 Å². The highest BCUT2D eigenvalue weighted by atomic mass is 35.5. The molecule has 1 amide bonds. The Hall–Kier alpha value is -1.22. The molecule has 1 rings (SSSR count). The fourth-order valence-corrected chi connectivity index (χ4v) is 1.14. The number of nitrogen functional groups attached to an aromatic ring is 1. The Morgan fingerprint density at radius 3 is 2.86 bits per heavy atom. The van der Waals surface area contributed by atoms with Crippen LogP contribution in [0.1, 0.15) is 23.7 Å². The number of anilines is 1.